The van der Waals surface area contributed by atoms with Gasteiger partial charge in [-0.05, 0) is 25.7 Å². The van der Waals surface area contributed by atoms with E-state index >= 15 is 0 Å². The van der Waals surface area contributed by atoms with Crippen LogP contribution < -0.4 is 5.32 Å². The van der Waals surface area contributed by atoms with Crippen LogP contribution in [0.1, 0.15) is 361 Å². The van der Waals surface area contributed by atoms with Gasteiger partial charge in [-0.1, -0.05) is 322 Å². The zero-order chi connectivity index (χ0) is 49.3. The number of esters is 1. The van der Waals surface area contributed by atoms with E-state index in [4.69, 9.17) is 4.74 Å². The molecule has 0 aliphatic heterocycles. The third-order valence-electron chi connectivity index (χ3n) is 14.9. The van der Waals surface area contributed by atoms with Crippen LogP contribution in [0.25, 0.3) is 0 Å². The molecule has 1 amide bonds. The number of nitrogens with one attached hydrogen (secondary N) is 1. The Morgan fingerprint density at radius 3 is 0.897 bits per heavy atom. The van der Waals surface area contributed by atoms with Gasteiger partial charge in [0.1, 0.15) is 0 Å². The minimum Gasteiger partial charge on any atom is -0.466 e. The van der Waals surface area contributed by atoms with Gasteiger partial charge in [-0.3, -0.25) is 9.59 Å². The average molecular weight is 963 g/mol. The molecule has 2 unspecified atom stereocenters. The second kappa shape index (κ2) is 58.4. The molecule has 0 aromatic heterocycles. The Morgan fingerprint density at radius 2 is 0.603 bits per heavy atom. The van der Waals surface area contributed by atoms with Crippen LogP contribution in [-0.4, -0.2) is 47.4 Å². The van der Waals surface area contributed by atoms with Crippen LogP contribution in [0.15, 0.2) is 0 Å². The molecule has 6 nitrogen and oxygen atoms in total. The number of aliphatic hydroxyl groups excluding tert-OH is 2. The van der Waals surface area contributed by atoms with Crippen molar-refractivity contribution in [2.75, 3.05) is 13.2 Å². The molecule has 68 heavy (non-hydrogen) atoms. The van der Waals surface area contributed by atoms with E-state index in [9.17, 15) is 19.8 Å². The van der Waals surface area contributed by atoms with Crippen LogP contribution in [0.4, 0.5) is 0 Å². The van der Waals surface area contributed by atoms with Gasteiger partial charge in [0.05, 0.1) is 25.4 Å². The number of ether oxygens (including phenoxy) is 1. The highest BCUT2D eigenvalue weighted by Gasteiger charge is 2.20. The first-order valence-electron chi connectivity index (χ1n) is 31.3. The summed E-state index contributed by atoms with van der Waals surface area (Å²) < 4.78 is 5.48. The molecule has 0 saturated heterocycles. The van der Waals surface area contributed by atoms with Gasteiger partial charge in [-0.15, -0.1) is 0 Å². The maximum atomic E-state index is 12.5. The summed E-state index contributed by atoms with van der Waals surface area (Å²) in [5.74, 6) is -0.0492. The smallest absolute Gasteiger partial charge is 0.305 e. The van der Waals surface area contributed by atoms with Crippen molar-refractivity contribution in [1.29, 1.82) is 0 Å². The van der Waals surface area contributed by atoms with Crippen molar-refractivity contribution in [3.05, 3.63) is 0 Å². The topological polar surface area (TPSA) is 95.9 Å². The number of hydrogen-bond donors (Lipinski definition) is 3. The van der Waals surface area contributed by atoms with Gasteiger partial charge in [0, 0.05) is 12.8 Å². The number of amides is 1. The first-order chi connectivity index (χ1) is 33.5. The summed E-state index contributed by atoms with van der Waals surface area (Å²) in [5.41, 5.74) is 0. The predicted molar refractivity (Wildman–Crippen MR) is 297 cm³/mol. The van der Waals surface area contributed by atoms with Gasteiger partial charge in [-0.25, -0.2) is 0 Å². The van der Waals surface area contributed by atoms with E-state index in [0.29, 0.717) is 25.9 Å². The summed E-state index contributed by atoms with van der Waals surface area (Å²) in [7, 11) is 0. The number of carbonyl (C=O) groups is 2. The normalized spacial score (nSPS) is 12.5. The number of rotatable bonds is 59. The number of hydrogen-bond acceptors (Lipinski definition) is 5. The van der Waals surface area contributed by atoms with Gasteiger partial charge in [-0.2, -0.15) is 0 Å². The van der Waals surface area contributed by atoms with E-state index in [2.05, 4.69) is 19.2 Å². The third-order valence-corrected chi connectivity index (χ3v) is 14.9. The highest BCUT2D eigenvalue weighted by molar-refractivity contribution is 5.76. The van der Waals surface area contributed by atoms with Gasteiger partial charge >= 0.3 is 5.97 Å². The van der Waals surface area contributed by atoms with Crippen molar-refractivity contribution in [3.8, 4) is 0 Å². The standard InChI is InChI=1S/C62H123NO5/c1-3-5-7-9-11-13-15-17-19-21-22-23-24-25-26-27-28-30-34-38-42-46-50-54-60(65)59(58-64)63-61(66)55-51-47-43-39-35-32-33-37-41-45-49-53-57-68-62(67)56-52-48-44-40-36-31-29-20-18-16-14-12-10-8-6-4-2/h59-60,64-65H,3-58H2,1-2H3,(H,63,66). The molecule has 0 aliphatic rings. The Balaban J connectivity index is 3.42. The van der Waals surface area contributed by atoms with Crippen molar-refractivity contribution in [3.63, 3.8) is 0 Å². The maximum Gasteiger partial charge on any atom is 0.305 e. The Labute approximate surface area is 426 Å². The second-order valence-corrected chi connectivity index (χ2v) is 21.8. The van der Waals surface area contributed by atoms with Gasteiger partial charge in [0.15, 0.2) is 0 Å². The molecule has 0 aliphatic carbocycles. The van der Waals surface area contributed by atoms with Crippen LogP contribution in [-0.2, 0) is 14.3 Å². The molecule has 406 valence electrons. The van der Waals surface area contributed by atoms with Crippen molar-refractivity contribution in [2.45, 2.75) is 373 Å². The second-order valence-electron chi connectivity index (χ2n) is 21.8. The molecule has 0 aromatic carbocycles. The first kappa shape index (κ1) is 66.9. The first-order valence-corrected chi connectivity index (χ1v) is 31.3. The summed E-state index contributed by atoms with van der Waals surface area (Å²) in [6, 6.07) is -0.553. The monoisotopic (exact) mass is 962 g/mol. The lowest BCUT2D eigenvalue weighted by Crippen LogP contribution is -2.45. The Kier molecular flexibility index (Phi) is 57.5. The highest BCUT2D eigenvalue weighted by atomic mass is 16.5. The minimum absolute atomic E-state index is 0.00401. The molecule has 0 bridgehead atoms. The zero-order valence-electron chi connectivity index (χ0n) is 46.4. The number of aliphatic hydroxyl groups is 2. The predicted octanol–water partition coefficient (Wildman–Crippen LogP) is 19.5. The zero-order valence-corrected chi connectivity index (χ0v) is 46.4. The molecule has 0 fully saturated rings. The van der Waals surface area contributed by atoms with Gasteiger partial charge in [0.25, 0.3) is 0 Å². The van der Waals surface area contributed by atoms with Crippen LogP contribution in [0, 0.1) is 0 Å². The van der Waals surface area contributed by atoms with E-state index in [1.807, 2.05) is 0 Å². The lowest BCUT2D eigenvalue weighted by Gasteiger charge is -2.22. The summed E-state index contributed by atoms with van der Waals surface area (Å²) in [6.07, 6.45) is 68.2. The van der Waals surface area contributed by atoms with Gasteiger partial charge in [0.2, 0.25) is 5.91 Å². The number of unbranched alkanes of at least 4 members (excludes halogenated alkanes) is 48. The SMILES string of the molecule is CCCCCCCCCCCCCCCCCCCCCCCCCC(O)C(CO)NC(=O)CCCCCCCCCCCCCCOC(=O)CCCCCCCCCCCCCCCCCC. The fourth-order valence-corrected chi connectivity index (χ4v) is 10.1. The fourth-order valence-electron chi connectivity index (χ4n) is 10.1. The summed E-state index contributed by atoms with van der Waals surface area (Å²) in [6.45, 7) is 4.96. The maximum absolute atomic E-state index is 12.5. The van der Waals surface area contributed by atoms with Crippen LogP contribution in [0.5, 0.6) is 0 Å². The Morgan fingerprint density at radius 1 is 0.353 bits per heavy atom. The van der Waals surface area contributed by atoms with Crippen LogP contribution >= 0.6 is 0 Å². The fraction of sp³-hybridized carbons (Fsp3) is 0.968. The molecule has 0 heterocycles. The molecule has 0 radical (unpaired) electrons. The lowest BCUT2D eigenvalue weighted by molar-refractivity contribution is -0.143. The summed E-state index contributed by atoms with van der Waals surface area (Å²) in [5, 5.41) is 23.4. The molecule has 0 saturated carbocycles. The van der Waals surface area contributed by atoms with Crippen molar-refractivity contribution in [2.24, 2.45) is 0 Å². The molecule has 2 atom stereocenters. The van der Waals surface area contributed by atoms with Gasteiger partial charge < -0.3 is 20.3 Å². The Hall–Kier alpha value is -1.14. The summed E-state index contributed by atoms with van der Waals surface area (Å²) in [4.78, 5) is 24.6. The van der Waals surface area contributed by atoms with E-state index in [1.165, 1.54) is 270 Å². The number of carbonyl (C=O) groups excluding carboxylic acids is 2. The molecule has 0 aromatic rings. The van der Waals surface area contributed by atoms with Crippen molar-refractivity contribution < 1.29 is 24.5 Å². The molecule has 6 heteroatoms. The van der Waals surface area contributed by atoms with E-state index in [0.717, 1.165) is 57.8 Å². The quantitative estimate of drug-likeness (QED) is 0.0417. The Bertz CT molecular complexity index is 975. The average Bonchev–Trinajstić information content (AvgIpc) is 3.34. The summed E-state index contributed by atoms with van der Waals surface area (Å²) >= 11 is 0. The van der Waals surface area contributed by atoms with Crippen LogP contribution in [0.3, 0.4) is 0 Å². The van der Waals surface area contributed by atoms with Crippen LogP contribution in [0.2, 0.25) is 0 Å². The highest BCUT2D eigenvalue weighted by Crippen LogP contribution is 2.19. The van der Waals surface area contributed by atoms with Crippen molar-refractivity contribution in [1.82, 2.24) is 5.32 Å². The molecule has 0 rings (SSSR count). The van der Waals surface area contributed by atoms with E-state index < -0.39 is 12.1 Å². The minimum atomic E-state index is -0.674. The molecule has 0 spiro atoms. The largest absolute Gasteiger partial charge is 0.466 e. The van der Waals surface area contributed by atoms with E-state index in [-0.39, 0.29) is 18.5 Å². The lowest BCUT2D eigenvalue weighted by atomic mass is 10.0. The van der Waals surface area contributed by atoms with E-state index in [1.54, 1.807) is 0 Å². The third kappa shape index (κ3) is 54.2. The van der Waals surface area contributed by atoms with Crippen molar-refractivity contribution >= 4 is 11.9 Å². The molecule has 3 N–H and O–H groups in total. The molecular weight excluding hydrogens is 839 g/mol. The molecular formula is C62H123NO5.